The number of nitrogens with one attached hydrogen (secondary N) is 2. The van der Waals surface area contributed by atoms with Crippen molar-refractivity contribution in [3.8, 4) is 0 Å². The first-order chi connectivity index (χ1) is 13.2. The molecule has 2 atom stereocenters. The summed E-state index contributed by atoms with van der Waals surface area (Å²) in [6, 6.07) is 12.6. The molecular formula is C21H33IN4OS. The van der Waals surface area contributed by atoms with Crippen molar-refractivity contribution in [1.29, 1.82) is 0 Å². The second-order valence-corrected chi connectivity index (χ2v) is 7.20. The topological polar surface area (TPSA) is 59.9 Å². The number of thiophene rings is 1. The molecule has 1 aromatic carbocycles. The number of guanidine groups is 1. The molecule has 3 N–H and O–H groups in total. The van der Waals surface area contributed by atoms with Crippen molar-refractivity contribution < 1.29 is 5.11 Å². The zero-order valence-electron chi connectivity index (χ0n) is 17.0. The van der Waals surface area contributed by atoms with Crippen molar-refractivity contribution in [3.05, 3.63) is 58.3 Å². The number of nitrogens with zero attached hydrogens (tertiary/aromatic N) is 2. The first kappa shape index (κ1) is 24.9. The number of aliphatic hydroxyl groups excluding tert-OH is 1. The third-order valence-corrected chi connectivity index (χ3v) is 5.58. The van der Waals surface area contributed by atoms with Crippen LogP contribution in [0.3, 0.4) is 0 Å². The zero-order valence-corrected chi connectivity index (χ0v) is 20.1. The van der Waals surface area contributed by atoms with Crippen molar-refractivity contribution in [2.45, 2.75) is 25.8 Å². The van der Waals surface area contributed by atoms with Gasteiger partial charge in [-0.15, -0.1) is 24.0 Å². The fourth-order valence-electron chi connectivity index (χ4n) is 3.23. The minimum Gasteiger partial charge on any atom is -0.396 e. The van der Waals surface area contributed by atoms with E-state index in [0.717, 1.165) is 31.2 Å². The van der Waals surface area contributed by atoms with E-state index in [4.69, 9.17) is 0 Å². The molecule has 2 aromatic rings. The molecule has 2 rings (SSSR count). The van der Waals surface area contributed by atoms with Crippen LogP contribution in [0.1, 0.15) is 36.9 Å². The van der Waals surface area contributed by atoms with E-state index in [1.54, 1.807) is 18.4 Å². The van der Waals surface area contributed by atoms with Gasteiger partial charge < -0.3 is 15.7 Å². The van der Waals surface area contributed by atoms with Crippen molar-refractivity contribution in [1.82, 2.24) is 15.5 Å². The van der Waals surface area contributed by atoms with Crippen LogP contribution < -0.4 is 10.6 Å². The second kappa shape index (κ2) is 13.9. The average molecular weight is 516 g/mol. The van der Waals surface area contributed by atoms with Crippen molar-refractivity contribution in [3.63, 3.8) is 0 Å². The molecule has 2 unspecified atom stereocenters. The van der Waals surface area contributed by atoms with Crippen LogP contribution in [0, 0.1) is 0 Å². The number of aliphatic hydroxyl groups is 1. The van der Waals surface area contributed by atoms with E-state index in [-0.39, 0.29) is 36.5 Å². The molecule has 5 nitrogen and oxygen atoms in total. The standard InChI is InChI=1S/C21H32N4OS.HI/c1-4-25(5-2)20(18-11-12-27-16-18)14-24-21(22-3)23-13-19(15-26)17-9-7-6-8-10-17;/h6-12,16,19-20,26H,4-5,13-15H2,1-3H3,(H2,22,23,24);1H. The smallest absolute Gasteiger partial charge is 0.191 e. The molecule has 0 aliphatic carbocycles. The molecule has 0 saturated carbocycles. The number of hydrogen-bond acceptors (Lipinski definition) is 4. The number of hydrogen-bond donors (Lipinski definition) is 3. The van der Waals surface area contributed by atoms with Crippen LogP contribution >= 0.6 is 35.3 Å². The monoisotopic (exact) mass is 516 g/mol. The fourth-order valence-corrected chi connectivity index (χ4v) is 3.94. The van der Waals surface area contributed by atoms with E-state index >= 15 is 0 Å². The summed E-state index contributed by atoms with van der Waals surface area (Å²) in [4.78, 5) is 6.80. The van der Waals surface area contributed by atoms with Gasteiger partial charge in [-0.1, -0.05) is 44.2 Å². The van der Waals surface area contributed by atoms with Gasteiger partial charge in [0, 0.05) is 26.1 Å². The first-order valence-electron chi connectivity index (χ1n) is 9.59. The van der Waals surface area contributed by atoms with E-state index in [1.165, 1.54) is 5.56 Å². The van der Waals surface area contributed by atoms with Crippen LogP contribution in [0.5, 0.6) is 0 Å². The molecule has 0 amide bonds. The molecule has 0 bridgehead atoms. The highest BCUT2D eigenvalue weighted by atomic mass is 127. The van der Waals surface area contributed by atoms with Crippen LogP contribution in [-0.4, -0.2) is 55.8 Å². The maximum absolute atomic E-state index is 9.74. The van der Waals surface area contributed by atoms with Crippen molar-refractivity contribution in [2.24, 2.45) is 4.99 Å². The summed E-state index contributed by atoms with van der Waals surface area (Å²) in [5.41, 5.74) is 2.46. The molecule has 7 heteroatoms. The Bertz CT molecular complexity index is 662. The summed E-state index contributed by atoms with van der Waals surface area (Å²) in [7, 11) is 1.78. The van der Waals surface area contributed by atoms with Crippen LogP contribution in [0.4, 0.5) is 0 Å². The minimum absolute atomic E-state index is 0. The highest BCUT2D eigenvalue weighted by Gasteiger charge is 2.19. The molecule has 0 fully saturated rings. The maximum atomic E-state index is 9.74. The third-order valence-electron chi connectivity index (χ3n) is 4.87. The van der Waals surface area contributed by atoms with Gasteiger partial charge in [0.1, 0.15) is 0 Å². The lowest BCUT2D eigenvalue weighted by atomic mass is 10.0. The van der Waals surface area contributed by atoms with Gasteiger partial charge in [0.15, 0.2) is 5.96 Å². The number of likely N-dealkylation sites (N-methyl/N-ethyl adjacent to an activating group) is 1. The van der Waals surface area contributed by atoms with Crippen LogP contribution in [0.15, 0.2) is 52.2 Å². The highest BCUT2D eigenvalue weighted by molar-refractivity contribution is 14.0. The van der Waals surface area contributed by atoms with Gasteiger partial charge in [0.25, 0.3) is 0 Å². The predicted octanol–water partition coefficient (Wildman–Crippen LogP) is 3.69. The average Bonchev–Trinajstić information content (AvgIpc) is 3.25. The van der Waals surface area contributed by atoms with E-state index in [2.05, 4.69) is 51.2 Å². The molecule has 0 saturated heterocycles. The van der Waals surface area contributed by atoms with Crippen molar-refractivity contribution in [2.75, 3.05) is 39.8 Å². The van der Waals surface area contributed by atoms with Gasteiger partial charge in [-0.3, -0.25) is 9.89 Å². The number of rotatable bonds is 10. The highest BCUT2D eigenvalue weighted by Crippen LogP contribution is 2.22. The van der Waals surface area contributed by atoms with Gasteiger partial charge in [0.2, 0.25) is 0 Å². The largest absolute Gasteiger partial charge is 0.396 e. The minimum atomic E-state index is 0. The molecule has 156 valence electrons. The van der Waals surface area contributed by atoms with Gasteiger partial charge >= 0.3 is 0 Å². The Morgan fingerprint density at radius 2 is 1.75 bits per heavy atom. The molecule has 28 heavy (non-hydrogen) atoms. The lowest BCUT2D eigenvalue weighted by Gasteiger charge is -2.30. The molecule has 1 aromatic heterocycles. The summed E-state index contributed by atoms with van der Waals surface area (Å²) in [6.07, 6.45) is 0. The SMILES string of the molecule is CCN(CC)C(CNC(=NC)NCC(CO)c1ccccc1)c1ccsc1.I. The Morgan fingerprint density at radius 3 is 2.29 bits per heavy atom. The summed E-state index contributed by atoms with van der Waals surface area (Å²) in [5.74, 6) is 0.803. The molecule has 1 heterocycles. The lowest BCUT2D eigenvalue weighted by molar-refractivity contribution is 0.219. The summed E-state index contributed by atoms with van der Waals surface area (Å²) < 4.78 is 0. The van der Waals surface area contributed by atoms with E-state index in [1.807, 2.05) is 30.3 Å². The Morgan fingerprint density at radius 1 is 1.07 bits per heavy atom. The first-order valence-corrected chi connectivity index (χ1v) is 10.5. The number of benzene rings is 1. The summed E-state index contributed by atoms with van der Waals surface area (Å²) in [5, 5.41) is 20.9. The van der Waals surface area contributed by atoms with Crippen molar-refractivity contribution >= 4 is 41.3 Å². The van der Waals surface area contributed by atoms with Crippen LogP contribution in [-0.2, 0) is 0 Å². The normalized spacial score (nSPS) is 13.7. The van der Waals surface area contributed by atoms with Gasteiger partial charge in [0.05, 0.1) is 12.6 Å². The quantitative estimate of drug-likeness (QED) is 0.256. The van der Waals surface area contributed by atoms with Gasteiger partial charge in [-0.25, -0.2) is 0 Å². The van der Waals surface area contributed by atoms with Gasteiger partial charge in [-0.2, -0.15) is 11.3 Å². The fraction of sp³-hybridized carbons (Fsp3) is 0.476. The molecular weight excluding hydrogens is 483 g/mol. The molecule has 0 radical (unpaired) electrons. The Kier molecular flexibility index (Phi) is 12.4. The van der Waals surface area contributed by atoms with E-state index in [9.17, 15) is 5.11 Å². The molecule has 0 spiro atoms. The third kappa shape index (κ3) is 7.35. The molecule has 0 aliphatic heterocycles. The van der Waals surface area contributed by atoms with Gasteiger partial charge in [-0.05, 0) is 41.0 Å². The van der Waals surface area contributed by atoms with E-state index in [0.29, 0.717) is 12.6 Å². The number of halogens is 1. The van der Waals surface area contributed by atoms with Crippen LogP contribution in [0.2, 0.25) is 0 Å². The van der Waals surface area contributed by atoms with Crippen LogP contribution in [0.25, 0.3) is 0 Å². The maximum Gasteiger partial charge on any atom is 0.191 e. The summed E-state index contributed by atoms with van der Waals surface area (Å²) in [6.45, 7) is 7.92. The van der Waals surface area contributed by atoms with E-state index < -0.39 is 0 Å². The Labute approximate surface area is 190 Å². The summed E-state index contributed by atoms with van der Waals surface area (Å²) >= 11 is 1.73. The Balaban J connectivity index is 0.00000392. The predicted molar refractivity (Wildman–Crippen MR) is 131 cm³/mol. The zero-order chi connectivity index (χ0) is 19.5. The molecule has 0 aliphatic rings. The number of aliphatic imine (C=N–C) groups is 1. The Hall–Kier alpha value is -1.16. The second-order valence-electron chi connectivity index (χ2n) is 6.42. The lowest BCUT2D eigenvalue weighted by Crippen LogP contribution is -2.44.